The number of aryl methyl sites for hydroxylation is 1. The SMILES string of the molecule is CCc1ccc(C(C)NC(=O)Nc2ccn(Cc3ccccc3)n2)cc1. The number of hydrogen-bond acceptors (Lipinski definition) is 2. The summed E-state index contributed by atoms with van der Waals surface area (Å²) in [5.41, 5.74) is 3.53. The fraction of sp³-hybridized carbons (Fsp3) is 0.238. The van der Waals surface area contributed by atoms with Gasteiger partial charge in [-0.2, -0.15) is 5.10 Å². The highest BCUT2D eigenvalue weighted by Crippen LogP contribution is 2.14. The number of hydrogen-bond donors (Lipinski definition) is 2. The molecule has 2 aromatic carbocycles. The first-order chi connectivity index (χ1) is 12.6. The Hall–Kier alpha value is -3.08. The Balaban J connectivity index is 1.54. The zero-order chi connectivity index (χ0) is 18.4. The summed E-state index contributed by atoms with van der Waals surface area (Å²) >= 11 is 0. The molecule has 5 nitrogen and oxygen atoms in total. The molecular formula is C21H24N4O. The maximum atomic E-state index is 12.2. The van der Waals surface area contributed by atoms with Crippen LogP contribution in [0.25, 0.3) is 0 Å². The standard InChI is InChI=1S/C21H24N4O/c1-3-17-9-11-19(12-10-17)16(2)22-21(26)23-20-13-14-25(24-20)15-18-7-5-4-6-8-18/h4-14,16H,3,15H2,1-2H3,(H2,22,23,24,26). The van der Waals surface area contributed by atoms with Crippen molar-refractivity contribution in [2.45, 2.75) is 32.9 Å². The molecule has 0 aliphatic rings. The summed E-state index contributed by atoms with van der Waals surface area (Å²) in [5.74, 6) is 0.534. The van der Waals surface area contributed by atoms with Crippen molar-refractivity contribution in [3.63, 3.8) is 0 Å². The molecule has 2 N–H and O–H groups in total. The van der Waals surface area contributed by atoms with Gasteiger partial charge in [-0.05, 0) is 30.0 Å². The predicted octanol–water partition coefficient (Wildman–Crippen LogP) is 4.38. The molecule has 134 valence electrons. The Labute approximate surface area is 154 Å². The molecule has 0 aliphatic heterocycles. The average Bonchev–Trinajstić information content (AvgIpc) is 3.09. The fourth-order valence-corrected chi connectivity index (χ4v) is 2.76. The topological polar surface area (TPSA) is 59.0 Å². The summed E-state index contributed by atoms with van der Waals surface area (Å²) < 4.78 is 1.80. The van der Waals surface area contributed by atoms with Crippen LogP contribution in [0.15, 0.2) is 66.9 Å². The van der Waals surface area contributed by atoms with E-state index in [-0.39, 0.29) is 12.1 Å². The first kappa shape index (κ1) is 17.7. The van der Waals surface area contributed by atoms with Gasteiger partial charge >= 0.3 is 6.03 Å². The lowest BCUT2D eigenvalue weighted by atomic mass is 10.1. The minimum Gasteiger partial charge on any atom is -0.331 e. The maximum absolute atomic E-state index is 12.2. The number of nitrogens with zero attached hydrogens (tertiary/aromatic N) is 2. The van der Waals surface area contributed by atoms with Crippen molar-refractivity contribution < 1.29 is 4.79 Å². The molecule has 5 heteroatoms. The summed E-state index contributed by atoms with van der Waals surface area (Å²) in [5, 5.41) is 10.1. The Kier molecular flexibility index (Phi) is 5.69. The Bertz CT molecular complexity index is 840. The van der Waals surface area contributed by atoms with Gasteiger partial charge in [0.15, 0.2) is 5.82 Å². The number of rotatable bonds is 6. The molecule has 0 fully saturated rings. The second-order valence-corrected chi connectivity index (χ2v) is 6.30. The van der Waals surface area contributed by atoms with E-state index >= 15 is 0 Å². The quantitative estimate of drug-likeness (QED) is 0.695. The molecule has 1 atom stereocenters. The zero-order valence-electron chi connectivity index (χ0n) is 15.1. The van der Waals surface area contributed by atoms with Crippen LogP contribution in [0.5, 0.6) is 0 Å². The Morgan fingerprint density at radius 1 is 1.04 bits per heavy atom. The highest BCUT2D eigenvalue weighted by atomic mass is 16.2. The lowest BCUT2D eigenvalue weighted by molar-refractivity contribution is 0.249. The van der Waals surface area contributed by atoms with E-state index in [0.717, 1.165) is 17.5 Å². The van der Waals surface area contributed by atoms with Crippen molar-refractivity contribution in [2.75, 3.05) is 5.32 Å². The molecule has 3 rings (SSSR count). The van der Waals surface area contributed by atoms with Gasteiger partial charge in [0.25, 0.3) is 0 Å². The van der Waals surface area contributed by atoms with E-state index in [1.807, 2.05) is 43.5 Å². The van der Waals surface area contributed by atoms with Crippen LogP contribution in [0, 0.1) is 0 Å². The van der Waals surface area contributed by atoms with E-state index in [0.29, 0.717) is 12.4 Å². The van der Waals surface area contributed by atoms with Crippen LogP contribution >= 0.6 is 0 Å². The number of urea groups is 1. The van der Waals surface area contributed by atoms with Gasteiger partial charge in [-0.15, -0.1) is 0 Å². The molecule has 0 radical (unpaired) electrons. The third-order valence-electron chi connectivity index (χ3n) is 4.31. The lowest BCUT2D eigenvalue weighted by Crippen LogP contribution is -2.31. The molecule has 26 heavy (non-hydrogen) atoms. The summed E-state index contributed by atoms with van der Waals surface area (Å²) in [6.07, 6.45) is 2.86. The smallest absolute Gasteiger partial charge is 0.320 e. The maximum Gasteiger partial charge on any atom is 0.320 e. The number of benzene rings is 2. The van der Waals surface area contributed by atoms with Crippen molar-refractivity contribution in [1.82, 2.24) is 15.1 Å². The average molecular weight is 348 g/mol. The Morgan fingerprint density at radius 2 is 1.77 bits per heavy atom. The van der Waals surface area contributed by atoms with Crippen molar-refractivity contribution in [3.8, 4) is 0 Å². The minimum absolute atomic E-state index is 0.0766. The van der Waals surface area contributed by atoms with Crippen LogP contribution in [0.3, 0.4) is 0 Å². The number of anilines is 1. The number of nitrogens with one attached hydrogen (secondary N) is 2. The summed E-state index contributed by atoms with van der Waals surface area (Å²) in [7, 11) is 0. The second kappa shape index (κ2) is 8.34. The van der Waals surface area contributed by atoms with Crippen LogP contribution < -0.4 is 10.6 Å². The third kappa shape index (κ3) is 4.72. The van der Waals surface area contributed by atoms with Gasteiger partial charge in [-0.3, -0.25) is 10.00 Å². The largest absolute Gasteiger partial charge is 0.331 e. The predicted molar refractivity (Wildman–Crippen MR) is 104 cm³/mol. The van der Waals surface area contributed by atoms with Crippen molar-refractivity contribution in [3.05, 3.63) is 83.6 Å². The van der Waals surface area contributed by atoms with Crippen molar-refractivity contribution in [2.24, 2.45) is 0 Å². The van der Waals surface area contributed by atoms with Crippen LogP contribution in [0.1, 0.15) is 36.6 Å². The molecule has 1 aromatic heterocycles. The first-order valence-electron chi connectivity index (χ1n) is 8.88. The van der Waals surface area contributed by atoms with Crippen LogP contribution in [0.2, 0.25) is 0 Å². The van der Waals surface area contributed by atoms with Crippen LogP contribution in [-0.4, -0.2) is 15.8 Å². The highest BCUT2D eigenvalue weighted by molar-refractivity contribution is 5.88. The molecule has 0 spiro atoms. The van der Waals surface area contributed by atoms with Gasteiger partial charge in [0.2, 0.25) is 0 Å². The fourth-order valence-electron chi connectivity index (χ4n) is 2.76. The van der Waals surface area contributed by atoms with E-state index in [1.54, 1.807) is 10.7 Å². The summed E-state index contributed by atoms with van der Waals surface area (Å²) in [6.45, 7) is 4.76. The van der Waals surface area contributed by atoms with Gasteiger partial charge < -0.3 is 5.32 Å². The Morgan fingerprint density at radius 3 is 2.46 bits per heavy atom. The third-order valence-corrected chi connectivity index (χ3v) is 4.31. The number of aromatic nitrogens is 2. The van der Waals surface area contributed by atoms with Gasteiger partial charge in [-0.25, -0.2) is 4.79 Å². The molecule has 1 heterocycles. The first-order valence-corrected chi connectivity index (χ1v) is 8.88. The van der Waals surface area contributed by atoms with Crippen molar-refractivity contribution in [1.29, 1.82) is 0 Å². The van der Waals surface area contributed by atoms with Crippen molar-refractivity contribution >= 4 is 11.8 Å². The van der Waals surface area contributed by atoms with E-state index in [9.17, 15) is 4.79 Å². The normalized spacial score (nSPS) is 11.8. The summed E-state index contributed by atoms with van der Waals surface area (Å²) in [6, 6.07) is 19.8. The summed E-state index contributed by atoms with van der Waals surface area (Å²) in [4.78, 5) is 12.2. The molecular weight excluding hydrogens is 324 g/mol. The highest BCUT2D eigenvalue weighted by Gasteiger charge is 2.11. The second-order valence-electron chi connectivity index (χ2n) is 6.30. The molecule has 1 unspecified atom stereocenters. The van der Waals surface area contributed by atoms with Crippen LogP contribution in [0.4, 0.5) is 10.6 Å². The van der Waals surface area contributed by atoms with Gasteiger partial charge in [0.05, 0.1) is 12.6 Å². The monoisotopic (exact) mass is 348 g/mol. The van der Waals surface area contributed by atoms with E-state index in [4.69, 9.17) is 0 Å². The number of amides is 2. The lowest BCUT2D eigenvalue weighted by Gasteiger charge is -2.14. The van der Waals surface area contributed by atoms with E-state index in [1.165, 1.54) is 5.56 Å². The molecule has 3 aromatic rings. The molecule has 0 aliphatic carbocycles. The molecule has 0 saturated carbocycles. The van der Waals surface area contributed by atoms with E-state index in [2.05, 4.69) is 46.9 Å². The number of carbonyl (C=O) groups excluding carboxylic acids is 1. The van der Waals surface area contributed by atoms with Gasteiger partial charge in [0, 0.05) is 12.3 Å². The van der Waals surface area contributed by atoms with Gasteiger partial charge in [-0.1, -0.05) is 61.5 Å². The molecule has 2 amide bonds. The van der Waals surface area contributed by atoms with Crippen LogP contribution in [-0.2, 0) is 13.0 Å². The number of carbonyl (C=O) groups is 1. The van der Waals surface area contributed by atoms with Gasteiger partial charge in [0.1, 0.15) is 0 Å². The van der Waals surface area contributed by atoms with E-state index < -0.39 is 0 Å². The molecule has 0 bridgehead atoms. The minimum atomic E-state index is -0.262. The zero-order valence-corrected chi connectivity index (χ0v) is 15.1. The molecule has 0 saturated heterocycles.